The van der Waals surface area contributed by atoms with E-state index in [2.05, 4.69) is 5.32 Å². The zero-order chi connectivity index (χ0) is 16.2. The second-order valence-corrected chi connectivity index (χ2v) is 6.77. The van der Waals surface area contributed by atoms with E-state index < -0.39 is 33.6 Å². The number of rotatable bonds is 6. The van der Waals surface area contributed by atoms with Crippen LogP contribution in [-0.2, 0) is 14.6 Å². The number of carboxylic acids is 1. The number of anilines is 1. The van der Waals surface area contributed by atoms with Crippen molar-refractivity contribution < 1.29 is 27.5 Å². The molecule has 1 aromatic carbocycles. The van der Waals surface area contributed by atoms with Crippen LogP contribution in [0.1, 0.15) is 16.8 Å². The van der Waals surface area contributed by atoms with Crippen molar-refractivity contribution in [1.82, 2.24) is 0 Å². The summed E-state index contributed by atoms with van der Waals surface area (Å²) in [5.74, 6) is -3.22. The lowest BCUT2D eigenvalue weighted by atomic mass is 10.2. The number of carbonyl (C=O) groups is 2. The average molecular weight is 318 g/mol. The minimum atomic E-state index is -3.25. The molecule has 1 amide bonds. The summed E-state index contributed by atoms with van der Waals surface area (Å²) in [5, 5.41) is 10.9. The van der Waals surface area contributed by atoms with Gasteiger partial charge in [-0.1, -0.05) is 0 Å². The number of aromatic carboxylic acids is 1. The number of sulfone groups is 1. The molecule has 1 unspecified atom stereocenters. The van der Waals surface area contributed by atoms with Crippen LogP contribution in [0.5, 0.6) is 0 Å². The van der Waals surface area contributed by atoms with Gasteiger partial charge < -0.3 is 16.2 Å². The smallest absolute Gasteiger partial charge is 0.335 e. The normalized spacial score (nSPS) is 12.7. The van der Waals surface area contributed by atoms with Gasteiger partial charge in [-0.15, -0.1) is 0 Å². The lowest BCUT2D eigenvalue weighted by molar-refractivity contribution is -0.117. The van der Waals surface area contributed by atoms with Crippen molar-refractivity contribution >= 4 is 27.4 Å². The highest BCUT2D eigenvalue weighted by atomic mass is 32.2. The number of amides is 1. The molecule has 4 N–H and O–H groups in total. The lowest BCUT2D eigenvalue weighted by Gasteiger charge is -2.12. The van der Waals surface area contributed by atoms with E-state index in [1.54, 1.807) is 0 Å². The Balaban J connectivity index is 2.72. The summed E-state index contributed by atoms with van der Waals surface area (Å²) < 4.78 is 35.5. The Labute approximate surface area is 120 Å². The molecule has 0 aliphatic heterocycles. The zero-order valence-corrected chi connectivity index (χ0v) is 12.0. The van der Waals surface area contributed by atoms with Crippen molar-refractivity contribution in [2.75, 3.05) is 17.3 Å². The van der Waals surface area contributed by atoms with Crippen LogP contribution in [0.25, 0.3) is 0 Å². The van der Waals surface area contributed by atoms with Crippen molar-refractivity contribution in [3.8, 4) is 0 Å². The van der Waals surface area contributed by atoms with Crippen molar-refractivity contribution in [3.05, 3.63) is 29.6 Å². The Morgan fingerprint density at radius 3 is 2.52 bits per heavy atom. The fourth-order valence-corrected chi connectivity index (χ4v) is 2.13. The third kappa shape index (κ3) is 5.48. The molecule has 0 saturated heterocycles. The molecule has 7 nitrogen and oxygen atoms in total. The van der Waals surface area contributed by atoms with Crippen molar-refractivity contribution in [2.24, 2.45) is 5.73 Å². The molecule has 0 aliphatic carbocycles. The van der Waals surface area contributed by atoms with Gasteiger partial charge in [0, 0.05) is 6.26 Å². The maximum atomic E-state index is 13.6. The number of halogens is 1. The summed E-state index contributed by atoms with van der Waals surface area (Å²) in [6.45, 7) is 0. The molecule has 9 heteroatoms. The fraction of sp³-hybridized carbons (Fsp3) is 0.333. The highest BCUT2D eigenvalue weighted by Gasteiger charge is 2.18. The molecule has 1 atom stereocenters. The van der Waals surface area contributed by atoms with E-state index in [0.29, 0.717) is 0 Å². The summed E-state index contributed by atoms with van der Waals surface area (Å²) in [5.41, 5.74) is 5.03. The van der Waals surface area contributed by atoms with Crippen LogP contribution in [0.4, 0.5) is 10.1 Å². The molecular weight excluding hydrogens is 303 g/mol. The summed E-state index contributed by atoms with van der Waals surface area (Å²) in [4.78, 5) is 22.3. The number of nitrogens with two attached hydrogens (primary N) is 1. The van der Waals surface area contributed by atoms with Crippen LogP contribution in [0.2, 0.25) is 0 Å². The van der Waals surface area contributed by atoms with Crippen molar-refractivity contribution in [2.45, 2.75) is 12.5 Å². The van der Waals surface area contributed by atoms with E-state index in [9.17, 15) is 22.4 Å². The molecule has 1 aromatic rings. The third-order valence-corrected chi connectivity index (χ3v) is 3.59. The third-order valence-electron chi connectivity index (χ3n) is 2.61. The first-order chi connectivity index (χ1) is 9.60. The van der Waals surface area contributed by atoms with Gasteiger partial charge in [0.25, 0.3) is 0 Å². The van der Waals surface area contributed by atoms with Crippen LogP contribution < -0.4 is 11.1 Å². The van der Waals surface area contributed by atoms with E-state index in [1.807, 2.05) is 0 Å². The fourth-order valence-electron chi connectivity index (χ4n) is 1.45. The summed E-state index contributed by atoms with van der Waals surface area (Å²) in [6.07, 6.45) is 0.918. The monoisotopic (exact) mass is 318 g/mol. The Kier molecular flexibility index (Phi) is 5.39. The van der Waals surface area contributed by atoms with Gasteiger partial charge in [-0.05, 0) is 24.6 Å². The number of nitrogens with one attached hydrogen (secondary N) is 1. The number of hydrogen-bond donors (Lipinski definition) is 3. The maximum Gasteiger partial charge on any atom is 0.335 e. The standard InChI is InChI=1S/C12H15FN2O5S/c1-21(19,20)5-4-9(14)11(16)15-10-3-2-7(12(17)18)6-8(10)13/h2-3,6,9H,4-5,14H2,1H3,(H,15,16)(H,17,18). The topological polar surface area (TPSA) is 127 Å². The van der Waals surface area contributed by atoms with Gasteiger partial charge in [0.05, 0.1) is 23.0 Å². The van der Waals surface area contributed by atoms with E-state index in [1.165, 1.54) is 0 Å². The maximum absolute atomic E-state index is 13.6. The lowest BCUT2D eigenvalue weighted by Crippen LogP contribution is -2.37. The molecule has 0 aromatic heterocycles. The van der Waals surface area contributed by atoms with Crippen LogP contribution in [0.3, 0.4) is 0 Å². The number of hydrogen-bond acceptors (Lipinski definition) is 5. The largest absolute Gasteiger partial charge is 0.478 e. The quantitative estimate of drug-likeness (QED) is 0.689. The zero-order valence-electron chi connectivity index (χ0n) is 11.2. The molecule has 0 bridgehead atoms. The first-order valence-corrected chi connectivity index (χ1v) is 7.93. The minimum absolute atomic E-state index is 0.0977. The Morgan fingerprint density at radius 2 is 2.05 bits per heavy atom. The minimum Gasteiger partial charge on any atom is -0.478 e. The van der Waals surface area contributed by atoms with E-state index >= 15 is 0 Å². The van der Waals surface area contributed by atoms with Crippen molar-refractivity contribution in [3.63, 3.8) is 0 Å². The Hall–Kier alpha value is -2.00. The summed E-state index contributed by atoms with van der Waals surface area (Å²) in [6, 6.07) is 1.88. The van der Waals surface area contributed by atoms with Crippen LogP contribution in [-0.4, -0.2) is 43.5 Å². The van der Waals surface area contributed by atoms with Gasteiger partial charge in [-0.3, -0.25) is 4.79 Å². The molecule has 0 saturated carbocycles. The molecule has 116 valence electrons. The van der Waals surface area contributed by atoms with E-state index in [4.69, 9.17) is 10.8 Å². The Bertz CT molecular complexity index is 660. The number of benzene rings is 1. The molecule has 1 rings (SSSR count). The first-order valence-electron chi connectivity index (χ1n) is 5.87. The molecule has 0 spiro atoms. The van der Waals surface area contributed by atoms with Crippen LogP contribution in [0.15, 0.2) is 18.2 Å². The van der Waals surface area contributed by atoms with Gasteiger partial charge in [0.15, 0.2) is 0 Å². The summed E-state index contributed by atoms with van der Waals surface area (Å²) >= 11 is 0. The molecular formula is C12H15FN2O5S. The predicted octanol–water partition coefficient (Wildman–Crippen LogP) is 0.224. The highest BCUT2D eigenvalue weighted by molar-refractivity contribution is 7.90. The van der Waals surface area contributed by atoms with Crippen LogP contribution in [0, 0.1) is 5.82 Å². The van der Waals surface area contributed by atoms with Gasteiger partial charge >= 0.3 is 5.97 Å². The molecule has 0 aliphatic rings. The summed E-state index contributed by atoms with van der Waals surface area (Å²) in [7, 11) is -3.25. The van der Waals surface area contributed by atoms with Gasteiger partial charge in [-0.2, -0.15) is 0 Å². The molecule has 0 heterocycles. The SMILES string of the molecule is CS(=O)(=O)CCC(N)C(=O)Nc1ccc(C(=O)O)cc1F. The van der Waals surface area contributed by atoms with E-state index in [0.717, 1.165) is 24.5 Å². The number of carboxylic acid groups (broad SMARTS) is 1. The van der Waals surface area contributed by atoms with Gasteiger partial charge in [0.2, 0.25) is 5.91 Å². The number of carbonyl (C=O) groups excluding carboxylic acids is 1. The first kappa shape index (κ1) is 17.1. The molecule has 0 radical (unpaired) electrons. The van der Waals surface area contributed by atoms with Gasteiger partial charge in [-0.25, -0.2) is 17.6 Å². The second-order valence-electron chi connectivity index (χ2n) is 4.51. The second kappa shape index (κ2) is 6.64. The van der Waals surface area contributed by atoms with Crippen molar-refractivity contribution in [1.29, 1.82) is 0 Å². The highest BCUT2D eigenvalue weighted by Crippen LogP contribution is 2.16. The van der Waals surface area contributed by atoms with E-state index in [-0.39, 0.29) is 23.4 Å². The Morgan fingerprint density at radius 1 is 1.43 bits per heavy atom. The molecule has 0 fully saturated rings. The van der Waals surface area contributed by atoms with Gasteiger partial charge in [0.1, 0.15) is 15.7 Å². The van der Waals surface area contributed by atoms with Crippen LogP contribution >= 0.6 is 0 Å². The molecule has 21 heavy (non-hydrogen) atoms. The predicted molar refractivity (Wildman–Crippen MR) is 74.3 cm³/mol. The average Bonchev–Trinajstić information content (AvgIpc) is 2.37.